The van der Waals surface area contributed by atoms with E-state index < -0.39 is 12.0 Å². The van der Waals surface area contributed by atoms with Crippen LogP contribution in [0.3, 0.4) is 0 Å². The standard InChI is InChI=1S/C12H11N5O3S/c18-11(16-7-21-4-9(16)12(19)20)8-1-2-10(14-3-8)17-6-13-5-15-17/h1-3,5-6,9H,4,7H2,(H,19,20). The molecule has 1 aliphatic heterocycles. The number of carboxylic acid groups (broad SMARTS) is 1. The normalized spacial score (nSPS) is 17.9. The number of carbonyl (C=O) groups excluding carboxylic acids is 1. The van der Waals surface area contributed by atoms with Gasteiger partial charge in [0, 0.05) is 11.9 Å². The Balaban J connectivity index is 1.80. The minimum Gasteiger partial charge on any atom is -0.480 e. The lowest BCUT2D eigenvalue weighted by molar-refractivity contribution is -0.140. The topological polar surface area (TPSA) is 101 Å². The summed E-state index contributed by atoms with van der Waals surface area (Å²) in [6.45, 7) is 0. The maximum Gasteiger partial charge on any atom is 0.327 e. The van der Waals surface area contributed by atoms with Crippen LogP contribution in [0.2, 0.25) is 0 Å². The smallest absolute Gasteiger partial charge is 0.327 e. The molecule has 2 aromatic rings. The van der Waals surface area contributed by atoms with Crippen LogP contribution in [0.1, 0.15) is 10.4 Å². The van der Waals surface area contributed by atoms with Gasteiger partial charge in [0.15, 0.2) is 5.82 Å². The first-order valence-corrected chi connectivity index (χ1v) is 7.25. The molecule has 1 saturated heterocycles. The summed E-state index contributed by atoms with van der Waals surface area (Å²) >= 11 is 1.42. The molecule has 1 fully saturated rings. The van der Waals surface area contributed by atoms with Gasteiger partial charge in [0.2, 0.25) is 0 Å². The zero-order chi connectivity index (χ0) is 14.8. The SMILES string of the molecule is O=C(O)C1CSCN1C(=O)c1ccc(-n2cncn2)nc1. The molecular weight excluding hydrogens is 294 g/mol. The van der Waals surface area contributed by atoms with E-state index in [0.717, 1.165) is 0 Å². The number of hydrogen-bond donors (Lipinski definition) is 1. The number of thioether (sulfide) groups is 1. The molecule has 0 aliphatic carbocycles. The Morgan fingerprint density at radius 3 is 2.86 bits per heavy atom. The molecule has 2 aromatic heterocycles. The van der Waals surface area contributed by atoms with E-state index in [9.17, 15) is 9.59 Å². The molecule has 3 heterocycles. The average Bonchev–Trinajstić information content (AvgIpc) is 3.18. The summed E-state index contributed by atoms with van der Waals surface area (Å²) in [5.41, 5.74) is 0.354. The Hall–Kier alpha value is -2.42. The molecule has 0 saturated carbocycles. The first-order valence-electron chi connectivity index (χ1n) is 6.09. The van der Waals surface area contributed by atoms with Crippen LogP contribution in [-0.2, 0) is 4.79 Å². The summed E-state index contributed by atoms with van der Waals surface area (Å²) in [6, 6.07) is 2.47. The van der Waals surface area contributed by atoms with Gasteiger partial charge >= 0.3 is 5.97 Å². The van der Waals surface area contributed by atoms with Crippen LogP contribution >= 0.6 is 11.8 Å². The molecule has 1 unspecified atom stereocenters. The summed E-state index contributed by atoms with van der Waals surface area (Å²) in [7, 11) is 0. The lowest BCUT2D eigenvalue weighted by Gasteiger charge is -2.20. The number of carbonyl (C=O) groups is 2. The van der Waals surface area contributed by atoms with Crippen molar-refractivity contribution < 1.29 is 14.7 Å². The van der Waals surface area contributed by atoms with Crippen molar-refractivity contribution in [1.82, 2.24) is 24.6 Å². The number of hydrogen-bond acceptors (Lipinski definition) is 6. The fourth-order valence-corrected chi connectivity index (χ4v) is 3.13. The second-order valence-electron chi connectivity index (χ2n) is 4.37. The Kier molecular flexibility index (Phi) is 3.57. The van der Waals surface area contributed by atoms with E-state index in [4.69, 9.17) is 5.11 Å². The molecule has 0 bridgehead atoms. The van der Waals surface area contributed by atoms with Gasteiger partial charge in [-0.3, -0.25) is 4.79 Å². The zero-order valence-corrected chi connectivity index (χ0v) is 11.6. The van der Waals surface area contributed by atoms with Gasteiger partial charge in [0.05, 0.1) is 11.4 Å². The number of rotatable bonds is 3. The summed E-state index contributed by atoms with van der Waals surface area (Å²) in [4.78, 5) is 32.8. The molecule has 1 atom stereocenters. The van der Waals surface area contributed by atoms with E-state index in [1.54, 1.807) is 12.1 Å². The fraction of sp³-hybridized carbons (Fsp3) is 0.250. The highest BCUT2D eigenvalue weighted by Crippen LogP contribution is 2.23. The largest absolute Gasteiger partial charge is 0.480 e. The van der Waals surface area contributed by atoms with Crippen LogP contribution in [0.4, 0.5) is 0 Å². The first-order chi connectivity index (χ1) is 10.2. The van der Waals surface area contributed by atoms with Gasteiger partial charge in [-0.15, -0.1) is 11.8 Å². The average molecular weight is 305 g/mol. The Bertz CT molecular complexity index is 658. The third-order valence-electron chi connectivity index (χ3n) is 3.08. The molecule has 8 nitrogen and oxygen atoms in total. The number of amides is 1. The van der Waals surface area contributed by atoms with Crippen LogP contribution in [0.5, 0.6) is 0 Å². The maximum atomic E-state index is 12.3. The number of carboxylic acids is 1. The molecule has 1 N–H and O–H groups in total. The van der Waals surface area contributed by atoms with Crippen molar-refractivity contribution in [2.45, 2.75) is 6.04 Å². The zero-order valence-electron chi connectivity index (χ0n) is 10.8. The second kappa shape index (κ2) is 5.52. The molecule has 1 amide bonds. The van der Waals surface area contributed by atoms with Gasteiger partial charge in [-0.1, -0.05) is 0 Å². The van der Waals surface area contributed by atoms with Gasteiger partial charge in [-0.2, -0.15) is 5.10 Å². The van der Waals surface area contributed by atoms with Gasteiger partial charge in [0.1, 0.15) is 18.7 Å². The van der Waals surface area contributed by atoms with Crippen molar-refractivity contribution in [3.8, 4) is 5.82 Å². The Morgan fingerprint density at radius 2 is 2.24 bits per heavy atom. The summed E-state index contributed by atoms with van der Waals surface area (Å²) in [5.74, 6) is 0.00632. The minimum atomic E-state index is -0.986. The van der Waals surface area contributed by atoms with Crippen molar-refractivity contribution in [1.29, 1.82) is 0 Å². The van der Waals surface area contributed by atoms with Crippen LogP contribution in [0.25, 0.3) is 5.82 Å². The van der Waals surface area contributed by atoms with E-state index in [-0.39, 0.29) is 5.91 Å². The summed E-state index contributed by atoms with van der Waals surface area (Å²) in [6.07, 6.45) is 4.31. The van der Waals surface area contributed by atoms with Crippen LogP contribution in [0, 0.1) is 0 Å². The molecule has 0 spiro atoms. The number of aromatic nitrogens is 4. The van der Waals surface area contributed by atoms with Crippen LogP contribution in [0.15, 0.2) is 31.0 Å². The molecule has 0 radical (unpaired) electrons. The number of aliphatic carboxylic acids is 1. The van der Waals surface area contributed by atoms with Crippen molar-refractivity contribution >= 4 is 23.6 Å². The van der Waals surface area contributed by atoms with Gasteiger partial charge in [0.25, 0.3) is 5.91 Å². The highest BCUT2D eigenvalue weighted by molar-refractivity contribution is 7.99. The van der Waals surface area contributed by atoms with Crippen molar-refractivity contribution in [2.24, 2.45) is 0 Å². The van der Waals surface area contributed by atoms with Gasteiger partial charge in [-0.05, 0) is 12.1 Å². The van der Waals surface area contributed by atoms with E-state index in [1.807, 2.05) is 0 Å². The van der Waals surface area contributed by atoms with E-state index in [0.29, 0.717) is 23.0 Å². The first kappa shape index (κ1) is 13.6. The summed E-state index contributed by atoms with van der Waals surface area (Å²) < 4.78 is 1.47. The number of nitrogens with zero attached hydrogens (tertiary/aromatic N) is 5. The van der Waals surface area contributed by atoms with Crippen LogP contribution < -0.4 is 0 Å². The molecule has 21 heavy (non-hydrogen) atoms. The molecule has 3 rings (SSSR count). The van der Waals surface area contributed by atoms with E-state index in [1.165, 1.54) is 40.2 Å². The fourth-order valence-electron chi connectivity index (χ4n) is 1.99. The van der Waals surface area contributed by atoms with Crippen molar-refractivity contribution in [3.63, 3.8) is 0 Å². The van der Waals surface area contributed by atoms with Crippen molar-refractivity contribution in [3.05, 3.63) is 36.5 Å². The minimum absolute atomic E-state index is 0.329. The van der Waals surface area contributed by atoms with Crippen molar-refractivity contribution in [2.75, 3.05) is 11.6 Å². The second-order valence-corrected chi connectivity index (χ2v) is 5.37. The molecule has 0 aromatic carbocycles. The maximum absolute atomic E-state index is 12.3. The lowest BCUT2D eigenvalue weighted by Crippen LogP contribution is -2.41. The highest BCUT2D eigenvalue weighted by Gasteiger charge is 2.35. The number of pyridine rings is 1. The summed E-state index contributed by atoms with van der Waals surface area (Å²) in [5, 5.41) is 13.0. The quantitative estimate of drug-likeness (QED) is 0.868. The molecule has 108 valence electrons. The van der Waals surface area contributed by atoms with E-state index in [2.05, 4.69) is 15.1 Å². The predicted molar refractivity (Wildman–Crippen MR) is 74.1 cm³/mol. The Labute approximate surface area is 123 Å². The van der Waals surface area contributed by atoms with Crippen LogP contribution in [-0.4, -0.2) is 59.3 Å². The third-order valence-corrected chi connectivity index (χ3v) is 4.09. The van der Waals surface area contributed by atoms with Gasteiger partial charge < -0.3 is 10.0 Å². The predicted octanol–water partition coefficient (Wildman–Crippen LogP) is 0.262. The molecule has 9 heteroatoms. The lowest BCUT2D eigenvalue weighted by atomic mass is 10.2. The molecule has 1 aliphatic rings. The van der Waals surface area contributed by atoms with Gasteiger partial charge in [-0.25, -0.2) is 19.4 Å². The third kappa shape index (κ3) is 2.59. The monoisotopic (exact) mass is 305 g/mol. The highest BCUT2D eigenvalue weighted by atomic mass is 32.2. The van der Waals surface area contributed by atoms with E-state index >= 15 is 0 Å². The molecular formula is C12H11N5O3S. The Morgan fingerprint density at radius 1 is 1.38 bits per heavy atom.